The van der Waals surface area contributed by atoms with Crippen LogP contribution in [0.2, 0.25) is 0 Å². The first-order valence-electron chi connectivity index (χ1n) is 10.7. The van der Waals surface area contributed by atoms with E-state index in [1.165, 1.54) is 0 Å². The molecule has 3 aromatic carbocycles. The Balaban J connectivity index is 0.000000159. The van der Waals surface area contributed by atoms with Crippen LogP contribution in [0.3, 0.4) is 0 Å². The van der Waals surface area contributed by atoms with Gasteiger partial charge >= 0.3 is 0 Å². The van der Waals surface area contributed by atoms with Gasteiger partial charge in [-0.3, -0.25) is 4.98 Å². The number of pyridine rings is 3. The van der Waals surface area contributed by atoms with Crippen molar-refractivity contribution in [1.82, 2.24) is 19.4 Å². The fraction of sp³-hybridized carbons (Fsp3) is 0. The van der Waals surface area contributed by atoms with Gasteiger partial charge in [-0.2, -0.15) is 0 Å². The summed E-state index contributed by atoms with van der Waals surface area (Å²) in [5.74, 6) is 0. The molecule has 0 amide bonds. The van der Waals surface area contributed by atoms with Crippen LogP contribution in [0.4, 0.5) is 0 Å². The Hall–Kier alpha value is -3.92. The van der Waals surface area contributed by atoms with Gasteiger partial charge in [-0.25, -0.2) is 4.98 Å². The summed E-state index contributed by atoms with van der Waals surface area (Å²) < 4.78 is 2.10. The second-order valence-electron chi connectivity index (χ2n) is 7.65. The molecule has 165 valence electrons. The van der Waals surface area contributed by atoms with E-state index in [-0.39, 0.29) is 20.1 Å². The summed E-state index contributed by atoms with van der Waals surface area (Å²) >= 11 is 0. The summed E-state index contributed by atoms with van der Waals surface area (Å²) in [6.07, 6.45) is 5.53. The third-order valence-corrected chi connectivity index (χ3v) is 5.62. The number of hydrogen-bond acceptors (Lipinski definition) is 3. The fourth-order valence-corrected chi connectivity index (χ4v) is 4.08. The van der Waals surface area contributed by atoms with Gasteiger partial charge in [0.1, 0.15) is 0 Å². The predicted octanol–water partition coefficient (Wildman–Crippen LogP) is 6.54. The van der Waals surface area contributed by atoms with E-state index in [1.807, 2.05) is 85.3 Å². The van der Waals surface area contributed by atoms with Gasteiger partial charge in [-0.1, -0.05) is 35.7 Å². The maximum Gasteiger partial charge on any atom is 0.0983 e. The average Bonchev–Trinajstić information content (AvgIpc) is 3.40. The summed E-state index contributed by atoms with van der Waals surface area (Å²) in [7, 11) is 0. The van der Waals surface area contributed by atoms with Crippen LogP contribution in [-0.2, 0) is 20.1 Å². The van der Waals surface area contributed by atoms with Crippen LogP contribution in [0.15, 0.2) is 110 Å². The molecular formula is C29H18IrN4-2. The van der Waals surface area contributed by atoms with E-state index in [0.29, 0.717) is 0 Å². The van der Waals surface area contributed by atoms with Crippen molar-refractivity contribution in [3.05, 3.63) is 122 Å². The number of benzene rings is 3. The summed E-state index contributed by atoms with van der Waals surface area (Å²) in [5.41, 5.74) is 6.14. The second-order valence-corrected chi connectivity index (χ2v) is 7.65. The molecule has 0 aliphatic carbocycles. The summed E-state index contributed by atoms with van der Waals surface area (Å²) in [5, 5.41) is 3.31. The number of nitrogens with zero attached hydrogens (tertiary/aromatic N) is 4. The van der Waals surface area contributed by atoms with Crippen molar-refractivity contribution in [2.75, 3.05) is 0 Å². The predicted molar refractivity (Wildman–Crippen MR) is 133 cm³/mol. The second kappa shape index (κ2) is 9.52. The molecule has 4 heterocycles. The van der Waals surface area contributed by atoms with E-state index in [9.17, 15) is 0 Å². The smallest absolute Gasteiger partial charge is 0.0983 e. The Morgan fingerprint density at radius 2 is 1.62 bits per heavy atom. The average molecular weight is 615 g/mol. The number of para-hydroxylation sites is 1. The molecule has 0 aliphatic heterocycles. The van der Waals surface area contributed by atoms with Crippen molar-refractivity contribution >= 4 is 38.2 Å². The van der Waals surface area contributed by atoms with E-state index < -0.39 is 0 Å². The molecule has 0 N–H and O–H groups in total. The van der Waals surface area contributed by atoms with Gasteiger partial charge in [-0.15, -0.1) is 65.5 Å². The summed E-state index contributed by atoms with van der Waals surface area (Å²) in [6.45, 7) is 0. The molecule has 7 rings (SSSR count). The van der Waals surface area contributed by atoms with Gasteiger partial charge in [0, 0.05) is 54.4 Å². The van der Waals surface area contributed by atoms with E-state index in [4.69, 9.17) is 4.98 Å². The Morgan fingerprint density at radius 3 is 2.47 bits per heavy atom. The first kappa shape index (κ1) is 21.9. The standard InChI is InChI=1S/C18H10N3.C11H8N.Ir/c1-4-8-15-12(5-1)9-16-18(20-15)14-7-3-2-6-13(14)17-10-19-11-21(16)17;1-2-6-10(7-3-1)11-8-4-5-9-12-11;/h1-6,8-11H;1-6,8-9H;/q2*-1;. The Kier molecular flexibility index (Phi) is 6.13. The number of aromatic nitrogens is 4. The minimum atomic E-state index is 0. The van der Waals surface area contributed by atoms with Crippen LogP contribution in [0.5, 0.6) is 0 Å². The molecule has 0 atom stereocenters. The molecule has 0 fully saturated rings. The van der Waals surface area contributed by atoms with E-state index >= 15 is 0 Å². The number of imidazole rings is 1. The van der Waals surface area contributed by atoms with Crippen molar-refractivity contribution in [2.45, 2.75) is 0 Å². The monoisotopic (exact) mass is 615 g/mol. The first-order chi connectivity index (χ1) is 16.4. The number of rotatable bonds is 1. The molecule has 7 aromatic rings. The van der Waals surface area contributed by atoms with E-state index in [0.717, 1.165) is 49.5 Å². The van der Waals surface area contributed by atoms with Crippen molar-refractivity contribution in [2.24, 2.45) is 0 Å². The van der Waals surface area contributed by atoms with Crippen molar-refractivity contribution in [3.8, 4) is 11.3 Å². The molecule has 0 saturated heterocycles. The van der Waals surface area contributed by atoms with Gasteiger partial charge in [0.05, 0.1) is 11.8 Å². The molecule has 1 radical (unpaired) electrons. The molecule has 4 nitrogen and oxygen atoms in total. The van der Waals surface area contributed by atoms with Crippen LogP contribution in [0.1, 0.15) is 0 Å². The van der Waals surface area contributed by atoms with Gasteiger partial charge in [0.15, 0.2) is 0 Å². The van der Waals surface area contributed by atoms with Crippen molar-refractivity contribution < 1.29 is 20.1 Å². The quantitative estimate of drug-likeness (QED) is 0.120. The molecule has 0 aliphatic rings. The molecule has 0 unspecified atom stereocenters. The molecular weight excluding hydrogens is 597 g/mol. The Labute approximate surface area is 210 Å². The molecule has 0 saturated carbocycles. The minimum absolute atomic E-state index is 0. The number of fused-ring (bicyclic) bond motifs is 7. The largest absolute Gasteiger partial charge is 0.314 e. The molecule has 34 heavy (non-hydrogen) atoms. The maximum absolute atomic E-state index is 4.86. The van der Waals surface area contributed by atoms with Crippen LogP contribution in [0.25, 0.3) is 49.5 Å². The molecule has 0 bridgehead atoms. The zero-order valence-corrected chi connectivity index (χ0v) is 20.4. The summed E-state index contributed by atoms with van der Waals surface area (Å²) in [4.78, 5) is 13.4. The first-order valence-corrected chi connectivity index (χ1v) is 10.7. The Morgan fingerprint density at radius 1 is 0.765 bits per heavy atom. The van der Waals surface area contributed by atoms with Crippen LogP contribution >= 0.6 is 0 Å². The van der Waals surface area contributed by atoms with Gasteiger partial charge in [0.25, 0.3) is 0 Å². The number of hydrogen-bond donors (Lipinski definition) is 0. The van der Waals surface area contributed by atoms with Crippen molar-refractivity contribution in [1.29, 1.82) is 0 Å². The van der Waals surface area contributed by atoms with Crippen molar-refractivity contribution in [3.63, 3.8) is 0 Å². The topological polar surface area (TPSA) is 43.1 Å². The van der Waals surface area contributed by atoms with Crippen LogP contribution in [0, 0.1) is 12.1 Å². The third kappa shape index (κ3) is 3.96. The zero-order chi connectivity index (χ0) is 22.0. The maximum atomic E-state index is 4.86. The Bertz CT molecular complexity index is 1670. The molecule has 4 aromatic heterocycles. The third-order valence-electron chi connectivity index (χ3n) is 5.62. The SMILES string of the molecule is [Ir].[c-]1cccc2c1c1nc3ccccc3cc1n1cncc21.[c-]1ccccc1-c1ccccn1. The zero-order valence-electron chi connectivity index (χ0n) is 18.0. The van der Waals surface area contributed by atoms with E-state index in [2.05, 4.69) is 44.7 Å². The summed E-state index contributed by atoms with van der Waals surface area (Å²) in [6, 6.07) is 36.5. The van der Waals surface area contributed by atoms with Gasteiger partial charge < -0.3 is 9.38 Å². The fourth-order valence-electron chi connectivity index (χ4n) is 4.08. The van der Waals surface area contributed by atoms with Crippen LogP contribution < -0.4 is 0 Å². The minimum Gasteiger partial charge on any atom is -0.314 e. The molecule has 0 spiro atoms. The van der Waals surface area contributed by atoms with E-state index in [1.54, 1.807) is 6.20 Å². The molecule has 5 heteroatoms. The van der Waals surface area contributed by atoms with Gasteiger partial charge in [0.2, 0.25) is 0 Å². The normalized spacial score (nSPS) is 10.7. The van der Waals surface area contributed by atoms with Gasteiger partial charge in [-0.05, 0) is 23.9 Å². The van der Waals surface area contributed by atoms with Crippen LogP contribution in [-0.4, -0.2) is 19.4 Å².